The standard InChI is InChI=1S/C13H21NO/c1-11(12-6-5-9-15-12)14-10-13(2)7-3-4-8-13/h5-6,9,11,14H,3-4,7-8,10H2,1-2H3. The van der Waals surface area contributed by atoms with Crippen molar-refractivity contribution >= 4 is 0 Å². The molecule has 1 heterocycles. The molecule has 1 N–H and O–H groups in total. The summed E-state index contributed by atoms with van der Waals surface area (Å²) in [5, 5.41) is 3.57. The molecule has 1 aliphatic rings. The molecule has 2 rings (SSSR count). The SMILES string of the molecule is CC(NCC1(C)CCCC1)c1ccco1. The van der Waals surface area contributed by atoms with Crippen molar-refractivity contribution in [2.24, 2.45) is 5.41 Å². The normalized spacial score (nSPS) is 21.7. The maximum atomic E-state index is 5.38. The average molecular weight is 207 g/mol. The third-order valence-corrected chi connectivity index (χ3v) is 3.62. The Balaban J connectivity index is 1.83. The molecule has 15 heavy (non-hydrogen) atoms. The molecule has 0 spiro atoms. The van der Waals surface area contributed by atoms with Gasteiger partial charge in [0, 0.05) is 6.54 Å². The first-order chi connectivity index (χ1) is 7.20. The fourth-order valence-electron chi connectivity index (χ4n) is 2.44. The Morgan fingerprint density at radius 3 is 2.80 bits per heavy atom. The lowest BCUT2D eigenvalue weighted by Gasteiger charge is -2.25. The van der Waals surface area contributed by atoms with Gasteiger partial charge in [-0.15, -0.1) is 0 Å². The van der Waals surface area contributed by atoms with Crippen LogP contribution < -0.4 is 5.32 Å². The molecule has 0 bridgehead atoms. The maximum Gasteiger partial charge on any atom is 0.120 e. The van der Waals surface area contributed by atoms with Crippen molar-refractivity contribution in [2.45, 2.75) is 45.6 Å². The lowest BCUT2D eigenvalue weighted by molar-refractivity contribution is 0.291. The summed E-state index contributed by atoms with van der Waals surface area (Å²) >= 11 is 0. The third kappa shape index (κ3) is 2.63. The highest BCUT2D eigenvalue weighted by Gasteiger charge is 2.28. The van der Waals surface area contributed by atoms with Gasteiger partial charge in [0.15, 0.2) is 0 Å². The third-order valence-electron chi connectivity index (χ3n) is 3.62. The van der Waals surface area contributed by atoms with E-state index in [1.54, 1.807) is 6.26 Å². The quantitative estimate of drug-likeness (QED) is 0.817. The van der Waals surface area contributed by atoms with Crippen molar-refractivity contribution in [3.8, 4) is 0 Å². The fraction of sp³-hybridized carbons (Fsp3) is 0.692. The van der Waals surface area contributed by atoms with Crippen LogP contribution in [-0.2, 0) is 0 Å². The molecule has 1 saturated carbocycles. The van der Waals surface area contributed by atoms with Gasteiger partial charge in [-0.3, -0.25) is 0 Å². The van der Waals surface area contributed by atoms with E-state index in [2.05, 4.69) is 19.2 Å². The lowest BCUT2D eigenvalue weighted by Crippen LogP contribution is -2.31. The molecule has 1 aromatic rings. The van der Waals surface area contributed by atoms with E-state index >= 15 is 0 Å². The van der Waals surface area contributed by atoms with Crippen LogP contribution in [0.4, 0.5) is 0 Å². The van der Waals surface area contributed by atoms with Crippen LogP contribution in [0.5, 0.6) is 0 Å². The Morgan fingerprint density at radius 2 is 2.20 bits per heavy atom. The first kappa shape index (κ1) is 10.7. The number of rotatable bonds is 4. The largest absolute Gasteiger partial charge is 0.468 e. The molecule has 0 radical (unpaired) electrons. The van der Waals surface area contributed by atoms with E-state index in [4.69, 9.17) is 4.42 Å². The number of furan rings is 1. The van der Waals surface area contributed by atoms with E-state index in [0.717, 1.165) is 12.3 Å². The van der Waals surface area contributed by atoms with Gasteiger partial charge in [-0.2, -0.15) is 0 Å². The zero-order chi connectivity index (χ0) is 10.7. The van der Waals surface area contributed by atoms with Gasteiger partial charge in [0.1, 0.15) is 5.76 Å². The van der Waals surface area contributed by atoms with Crippen LogP contribution in [0.1, 0.15) is 51.3 Å². The van der Waals surface area contributed by atoms with Crippen LogP contribution in [0.2, 0.25) is 0 Å². The number of hydrogen-bond acceptors (Lipinski definition) is 2. The highest BCUT2D eigenvalue weighted by molar-refractivity contribution is 5.03. The Morgan fingerprint density at radius 1 is 1.47 bits per heavy atom. The second kappa shape index (κ2) is 4.40. The molecule has 1 aromatic heterocycles. The Bertz CT molecular complexity index is 285. The molecule has 0 aliphatic heterocycles. The van der Waals surface area contributed by atoms with E-state index in [0.29, 0.717) is 11.5 Å². The Labute approximate surface area is 92.1 Å². The molecule has 0 saturated heterocycles. The van der Waals surface area contributed by atoms with Crippen molar-refractivity contribution in [3.63, 3.8) is 0 Å². The van der Waals surface area contributed by atoms with Gasteiger partial charge in [-0.1, -0.05) is 19.8 Å². The minimum absolute atomic E-state index is 0.331. The maximum absolute atomic E-state index is 5.38. The van der Waals surface area contributed by atoms with E-state index in [9.17, 15) is 0 Å². The van der Waals surface area contributed by atoms with Gasteiger partial charge in [0.25, 0.3) is 0 Å². The van der Waals surface area contributed by atoms with E-state index in [1.165, 1.54) is 25.7 Å². The highest BCUT2D eigenvalue weighted by Crippen LogP contribution is 2.37. The summed E-state index contributed by atoms with van der Waals surface area (Å²) in [5.74, 6) is 1.04. The number of hydrogen-bond donors (Lipinski definition) is 1. The summed E-state index contributed by atoms with van der Waals surface area (Å²) in [7, 11) is 0. The molecule has 1 aliphatic carbocycles. The number of nitrogens with one attached hydrogen (secondary N) is 1. The molecule has 0 aromatic carbocycles. The first-order valence-electron chi connectivity index (χ1n) is 5.96. The van der Waals surface area contributed by atoms with Crippen LogP contribution in [0, 0.1) is 5.41 Å². The summed E-state index contributed by atoms with van der Waals surface area (Å²) in [5.41, 5.74) is 0.515. The van der Waals surface area contributed by atoms with E-state index in [-0.39, 0.29) is 0 Å². The smallest absolute Gasteiger partial charge is 0.120 e. The van der Waals surface area contributed by atoms with Crippen LogP contribution in [-0.4, -0.2) is 6.54 Å². The van der Waals surface area contributed by atoms with Crippen LogP contribution >= 0.6 is 0 Å². The van der Waals surface area contributed by atoms with Gasteiger partial charge in [-0.25, -0.2) is 0 Å². The van der Waals surface area contributed by atoms with Crippen molar-refractivity contribution in [3.05, 3.63) is 24.2 Å². The molecule has 1 fully saturated rings. The van der Waals surface area contributed by atoms with Crippen molar-refractivity contribution in [1.82, 2.24) is 5.32 Å². The minimum atomic E-state index is 0.331. The molecular weight excluding hydrogens is 186 g/mol. The minimum Gasteiger partial charge on any atom is -0.468 e. The van der Waals surface area contributed by atoms with Crippen LogP contribution in [0.25, 0.3) is 0 Å². The summed E-state index contributed by atoms with van der Waals surface area (Å²) in [6, 6.07) is 4.32. The Kier molecular flexibility index (Phi) is 3.15. The molecule has 1 atom stereocenters. The monoisotopic (exact) mass is 207 g/mol. The summed E-state index contributed by atoms with van der Waals surface area (Å²) in [6.07, 6.45) is 7.27. The predicted molar refractivity (Wildman–Crippen MR) is 61.7 cm³/mol. The zero-order valence-electron chi connectivity index (χ0n) is 9.75. The van der Waals surface area contributed by atoms with Gasteiger partial charge in [0.05, 0.1) is 12.3 Å². The van der Waals surface area contributed by atoms with E-state index in [1.807, 2.05) is 12.1 Å². The lowest BCUT2D eigenvalue weighted by atomic mass is 9.88. The van der Waals surface area contributed by atoms with Gasteiger partial charge >= 0.3 is 0 Å². The van der Waals surface area contributed by atoms with Crippen molar-refractivity contribution in [2.75, 3.05) is 6.54 Å². The molecule has 84 valence electrons. The topological polar surface area (TPSA) is 25.2 Å². The Hall–Kier alpha value is -0.760. The van der Waals surface area contributed by atoms with Crippen molar-refractivity contribution in [1.29, 1.82) is 0 Å². The molecular formula is C13H21NO. The molecule has 2 heteroatoms. The summed E-state index contributed by atoms with van der Waals surface area (Å²) < 4.78 is 5.38. The average Bonchev–Trinajstić information content (AvgIpc) is 2.85. The first-order valence-corrected chi connectivity index (χ1v) is 5.96. The van der Waals surface area contributed by atoms with Gasteiger partial charge in [0.2, 0.25) is 0 Å². The van der Waals surface area contributed by atoms with Crippen LogP contribution in [0.3, 0.4) is 0 Å². The van der Waals surface area contributed by atoms with Crippen LogP contribution in [0.15, 0.2) is 22.8 Å². The van der Waals surface area contributed by atoms with Gasteiger partial charge < -0.3 is 9.73 Å². The highest BCUT2D eigenvalue weighted by atomic mass is 16.3. The van der Waals surface area contributed by atoms with Crippen molar-refractivity contribution < 1.29 is 4.42 Å². The fourth-order valence-corrected chi connectivity index (χ4v) is 2.44. The second-order valence-electron chi connectivity index (χ2n) is 5.14. The summed E-state index contributed by atoms with van der Waals surface area (Å²) in [4.78, 5) is 0. The second-order valence-corrected chi connectivity index (χ2v) is 5.14. The van der Waals surface area contributed by atoms with E-state index < -0.39 is 0 Å². The molecule has 2 nitrogen and oxygen atoms in total. The zero-order valence-corrected chi connectivity index (χ0v) is 9.75. The summed E-state index contributed by atoms with van der Waals surface area (Å²) in [6.45, 7) is 5.66. The molecule has 1 unspecified atom stereocenters. The molecule has 0 amide bonds. The predicted octanol–water partition coefficient (Wildman–Crippen LogP) is 3.51. The van der Waals surface area contributed by atoms with Gasteiger partial charge in [-0.05, 0) is 37.3 Å².